The van der Waals surface area contributed by atoms with E-state index in [1.54, 1.807) is 19.1 Å². The minimum absolute atomic E-state index is 0.0638. The highest BCUT2D eigenvalue weighted by Crippen LogP contribution is 2.44. The molecule has 4 aromatic rings. The third kappa shape index (κ3) is 6.25. The minimum atomic E-state index is -5.90. The Kier molecular flexibility index (Phi) is 7.92. The third-order valence-corrected chi connectivity index (χ3v) is 8.99. The first-order valence-electron chi connectivity index (χ1n) is 12.7. The normalized spacial score (nSPS) is 17.2. The molecule has 1 amide bonds. The molecule has 0 unspecified atom stereocenters. The van der Waals surface area contributed by atoms with Crippen LogP contribution in [0.1, 0.15) is 50.5 Å². The van der Waals surface area contributed by atoms with E-state index in [1.807, 2.05) is 0 Å². The first-order chi connectivity index (χ1) is 20.5. The molecule has 0 radical (unpaired) electrons. The number of aromatic nitrogens is 3. The van der Waals surface area contributed by atoms with E-state index in [1.165, 1.54) is 18.3 Å². The van der Waals surface area contributed by atoms with Gasteiger partial charge in [-0.1, -0.05) is 6.07 Å². The Bertz CT molecular complexity index is 1860. The van der Waals surface area contributed by atoms with Crippen LogP contribution in [-0.2, 0) is 28.2 Å². The zero-order chi connectivity index (χ0) is 32.1. The first kappa shape index (κ1) is 31.3. The van der Waals surface area contributed by atoms with Gasteiger partial charge in [0.05, 0.1) is 16.1 Å². The number of pyridine rings is 2. The number of sulfonamides is 1. The second-order valence-corrected chi connectivity index (χ2v) is 12.7. The van der Waals surface area contributed by atoms with Gasteiger partial charge in [-0.05, 0) is 79.3 Å². The average molecular weight is 658 g/mol. The molecule has 3 heterocycles. The molecule has 1 aromatic carbocycles. The summed E-state index contributed by atoms with van der Waals surface area (Å²) in [7, 11) is -5.90. The molecule has 3 N–H and O–H groups in total. The number of alkyl halides is 6. The molecule has 1 aliphatic carbocycles. The Labute approximate surface area is 250 Å². The van der Waals surface area contributed by atoms with Crippen LogP contribution in [0.4, 0.5) is 38.0 Å². The van der Waals surface area contributed by atoms with Crippen molar-refractivity contribution in [2.24, 2.45) is 0 Å². The third-order valence-electron chi connectivity index (χ3n) is 6.75. The molecular weight excluding hydrogens is 636 g/mol. The molecule has 0 saturated heterocycles. The fourth-order valence-electron chi connectivity index (χ4n) is 4.72. The van der Waals surface area contributed by atoms with Crippen molar-refractivity contribution in [3.63, 3.8) is 0 Å². The Hall–Kier alpha value is -4.09. The van der Waals surface area contributed by atoms with Crippen LogP contribution in [0, 0.1) is 6.92 Å². The van der Waals surface area contributed by atoms with Crippen molar-refractivity contribution in [1.82, 2.24) is 19.7 Å². The summed E-state index contributed by atoms with van der Waals surface area (Å²) in [4.78, 5) is 25.6. The van der Waals surface area contributed by atoms with E-state index in [0.717, 1.165) is 46.0 Å². The molecule has 1 atom stereocenters. The molecule has 5 rings (SSSR count). The number of carbonyl (C=O) groups excluding carboxylic acids is 1. The fourth-order valence-corrected chi connectivity index (χ4v) is 6.21. The molecule has 9 nitrogen and oxygen atoms in total. The maximum atomic E-state index is 13.1. The van der Waals surface area contributed by atoms with Gasteiger partial charge < -0.3 is 10.4 Å². The lowest BCUT2D eigenvalue weighted by molar-refractivity contribution is -0.137. The van der Waals surface area contributed by atoms with Gasteiger partial charge in [0.1, 0.15) is 22.2 Å². The van der Waals surface area contributed by atoms with Gasteiger partial charge in [0, 0.05) is 18.0 Å². The summed E-state index contributed by atoms with van der Waals surface area (Å²) in [5.74, 6) is -1.31. The predicted octanol–water partition coefficient (Wildman–Crippen LogP) is 5.82. The first-order valence-corrected chi connectivity index (χ1v) is 15.0. The second kappa shape index (κ2) is 11.1. The SMILES string of the molecule is Cc1cc(Nc2cc(C(F)(F)F)ccn2)nc(-c2cnc([C@]3(O)CCCc4cc(C(=O)NS(=O)(=O)C(F)(F)F)ccc43)s2)c1. The van der Waals surface area contributed by atoms with Crippen LogP contribution in [0.2, 0.25) is 0 Å². The van der Waals surface area contributed by atoms with Crippen molar-refractivity contribution in [3.8, 4) is 10.6 Å². The predicted molar refractivity (Wildman–Crippen MR) is 147 cm³/mol. The highest BCUT2D eigenvalue weighted by Gasteiger charge is 2.47. The van der Waals surface area contributed by atoms with Gasteiger partial charge in [-0.25, -0.2) is 19.7 Å². The number of anilines is 2. The van der Waals surface area contributed by atoms with Gasteiger partial charge >= 0.3 is 21.7 Å². The number of amides is 1. The van der Waals surface area contributed by atoms with E-state index in [9.17, 15) is 44.7 Å². The van der Waals surface area contributed by atoms with Gasteiger partial charge in [0.25, 0.3) is 5.91 Å². The fraction of sp³-hybridized carbons (Fsp3) is 0.259. The van der Waals surface area contributed by atoms with Crippen LogP contribution in [0.15, 0.2) is 54.9 Å². The molecule has 0 saturated carbocycles. The second-order valence-electron chi connectivity index (χ2n) is 9.96. The molecule has 0 bridgehead atoms. The molecule has 3 aromatic heterocycles. The Morgan fingerprint density at radius 2 is 1.77 bits per heavy atom. The quantitative estimate of drug-likeness (QED) is 0.221. The van der Waals surface area contributed by atoms with E-state index in [4.69, 9.17) is 0 Å². The number of carbonyl (C=O) groups is 1. The van der Waals surface area contributed by atoms with E-state index in [2.05, 4.69) is 20.3 Å². The molecule has 232 valence electrons. The lowest BCUT2D eigenvalue weighted by Crippen LogP contribution is -2.40. The molecule has 0 aliphatic heterocycles. The summed E-state index contributed by atoms with van der Waals surface area (Å²) in [6, 6.07) is 8.74. The molecule has 0 fully saturated rings. The highest BCUT2D eigenvalue weighted by atomic mass is 32.2. The lowest BCUT2D eigenvalue weighted by Gasteiger charge is -2.33. The Morgan fingerprint density at radius 1 is 1.02 bits per heavy atom. The molecule has 44 heavy (non-hydrogen) atoms. The lowest BCUT2D eigenvalue weighted by atomic mass is 9.79. The standard InChI is InChI=1S/C27H21F6N5O4S2/c1-14-9-19(36-22(10-14)37-21-12-17(6-8-34-21)26(28,29)30)20-13-35-24(43-20)25(40)7-2-3-15-11-16(4-5-18(15)25)23(39)38-44(41,42)27(31,32)33/h4-6,8-13,40H,2-3,7H2,1H3,(H,38,39)(H,34,36,37)/t25-/m0/s1. The number of aliphatic hydroxyl groups is 1. The number of thiazole rings is 1. The van der Waals surface area contributed by atoms with Crippen molar-refractivity contribution in [2.75, 3.05) is 5.32 Å². The van der Waals surface area contributed by atoms with Crippen molar-refractivity contribution in [3.05, 3.63) is 87.7 Å². The number of nitrogens with one attached hydrogen (secondary N) is 2. The van der Waals surface area contributed by atoms with Crippen LogP contribution in [0.5, 0.6) is 0 Å². The highest BCUT2D eigenvalue weighted by molar-refractivity contribution is 7.90. The van der Waals surface area contributed by atoms with Gasteiger partial charge in [-0.15, -0.1) is 11.3 Å². The number of rotatable bonds is 6. The number of fused-ring (bicyclic) bond motifs is 1. The smallest absolute Gasteiger partial charge is 0.378 e. The van der Waals surface area contributed by atoms with Gasteiger partial charge in [-0.3, -0.25) is 4.79 Å². The minimum Gasteiger partial charge on any atom is -0.378 e. The summed E-state index contributed by atoms with van der Waals surface area (Å²) in [6.07, 6.45) is -1.03. The van der Waals surface area contributed by atoms with Crippen LogP contribution in [0.3, 0.4) is 0 Å². The van der Waals surface area contributed by atoms with E-state index < -0.39 is 38.8 Å². The van der Waals surface area contributed by atoms with Crippen LogP contribution < -0.4 is 10.0 Å². The number of hydrogen-bond donors (Lipinski definition) is 3. The van der Waals surface area contributed by atoms with Gasteiger partial charge in [-0.2, -0.15) is 34.8 Å². The van der Waals surface area contributed by atoms with E-state index in [0.29, 0.717) is 34.5 Å². The molecule has 1 aliphatic rings. The zero-order valence-electron chi connectivity index (χ0n) is 22.4. The van der Waals surface area contributed by atoms with Crippen LogP contribution in [0.25, 0.3) is 10.6 Å². The number of nitrogens with zero attached hydrogens (tertiary/aromatic N) is 3. The Balaban J connectivity index is 1.41. The van der Waals surface area contributed by atoms with Crippen LogP contribution in [-0.4, -0.2) is 39.9 Å². The number of benzene rings is 1. The monoisotopic (exact) mass is 657 g/mol. The van der Waals surface area contributed by atoms with E-state index in [-0.39, 0.29) is 28.6 Å². The summed E-state index contributed by atoms with van der Waals surface area (Å²) in [5.41, 5.74) is -6.58. The van der Waals surface area contributed by atoms with Gasteiger partial charge in [0.15, 0.2) is 0 Å². The van der Waals surface area contributed by atoms with Crippen LogP contribution >= 0.6 is 11.3 Å². The molecule has 17 heteroatoms. The van der Waals surface area contributed by atoms with Crippen molar-refractivity contribution in [1.29, 1.82) is 0 Å². The van der Waals surface area contributed by atoms with Crippen molar-refractivity contribution in [2.45, 2.75) is 43.5 Å². The maximum Gasteiger partial charge on any atom is 0.516 e. The van der Waals surface area contributed by atoms with Crippen molar-refractivity contribution < 1.29 is 44.7 Å². The van der Waals surface area contributed by atoms with E-state index >= 15 is 0 Å². The van der Waals surface area contributed by atoms with Crippen molar-refractivity contribution >= 4 is 38.9 Å². The summed E-state index contributed by atoms with van der Waals surface area (Å²) in [5, 5.41) is 14.8. The topological polar surface area (TPSA) is 134 Å². The molecule has 0 spiro atoms. The number of hydrogen-bond acceptors (Lipinski definition) is 9. The average Bonchev–Trinajstić information content (AvgIpc) is 3.43. The summed E-state index contributed by atoms with van der Waals surface area (Å²) >= 11 is 1.11. The number of aryl methyl sites for hydroxylation is 2. The largest absolute Gasteiger partial charge is 0.516 e. The Morgan fingerprint density at radius 3 is 2.48 bits per heavy atom. The zero-order valence-corrected chi connectivity index (χ0v) is 24.0. The number of halogens is 6. The summed E-state index contributed by atoms with van der Waals surface area (Å²) < 4.78 is 101. The van der Waals surface area contributed by atoms with Gasteiger partial charge in [0.2, 0.25) is 0 Å². The summed E-state index contributed by atoms with van der Waals surface area (Å²) in [6.45, 7) is 1.76. The maximum absolute atomic E-state index is 13.1. The molecular formula is C27H21F6N5O4S2.